The van der Waals surface area contributed by atoms with Crippen molar-refractivity contribution in [2.24, 2.45) is 11.7 Å². The standard InChI is InChI=1S/C13H16F3N3O3S/c1-7-5-10(22-12(7,2)13(14,15)16)23(21)19-8-3-4-18-9(6-8)11(17)20/h3-4,6-7,10H,5H2,1-2H3,(H2,17,20)(H,18,19)/t7-,10?,12+,23?/m0/s1. The van der Waals surface area contributed by atoms with E-state index in [1.54, 1.807) is 0 Å². The van der Waals surface area contributed by atoms with Crippen molar-refractivity contribution < 1.29 is 26.9 Å². The molecule has 1 aliphatic heterocycles. The van der Waals surface area contributed by atoms with E-state index < -0.39 is 40.0 Å². The number of hydrogen-bond acceptors (Lipinski definition) is 4. The number of nitrogens with two attached hydrogens (primary N) is 1. The minimum atomic E-state index is -4.55. The highest BCUT2D eigenvalue weighted by Crippen LogP contribution is 2.47. The zero-order chi connectivity index (χ0) is 17.4. The van der Waals surface area contributed by atoms with Gasteiger partial charge in [0.05, 0.1) is 5.69 Å². The summed E-state index contributed by atoms with van der Waals surface area (Å²) in [7, 11) is -1.92. The Morgan fingerprint density at radius 2 is 2.22 bits per heavy atom. The van der Waals surface area contributed by atoms with Gasteiger partial charge in [-0.2, -0.15) is 13.2 Å². The molecule has 4 atom stereocenters. The first-order valence-corrected chi connectivity index (χ1v) is 7.93. The molecule has 2 heterocycles. The average Bonchev–Trinajstić information content (AvgIpc) is 2.76. The molecule has 0 spiro atoms. The highest BCUT2D eigenvalue weighted by molar-refractivity contribution is 7.86. The van der Waals surface area contributed by atoms with Gasteiger partial charge in [0.1, 0.15) is 16.7 Å². The molecule has 1 aliphatic rings. The predicted molar refractivity (Wildman–Crippen MR) is 77.6 cm³/mol. The minimum absolute atomic E-state index is 0.0105. The Morgan fingerprint density at radius 1 is 1.57 bits per heavy atom. The third-order valence-corrected chi connectivity index (χ3v) is 5.10. The van der Waals surface area contributed by atoms with Gasteiger partial charge >= 0.3 is 6.18 Å². The van der Waals surface area contributed by atoms with Crippen molar-refractivity contribution in [3.8, 4) is 0 Å². The second-order valence-corrected chi connectivity index (χ2v) is 6.81. The summed E-state index contributed by atoms with van der Waals surface area (Å²) in [6.07, 6.45) is -3.29. The van der Waals surface area contributed by atoms with Crippen LogP contribution in [0.5, 0.6) is 0 Å². The number of anilines is 1. The van der Waals surface area contributed by atoms with E-state index >= 15 is 0 Å². The Bertz CT molecular complexity index is 640. The first-order chi connectivity index (χ1) is 10.5. The van der Waals surface area contributed by atoms with Crippen LogP contribution < -0.4 is 10.5 Å². The number of aromatic nitrogens is 1. The van der Waals surface area contributed by atoms with Crippen LogP contribution in [0, 0.1) is 5.92 Å². The summed E-state index contributed by atoms with van der Waals surface area (Å²) in [4.78, 5) is 14.8. The van der Waals surface area contributed by atoms with Crippen molar-refractivity contribution in [1.82, 2.24) is 4.98 Å². The van der Waals surface area contributed by atoms with Crippen LogP contribution in [0.25, 0.3) is 0 Å². The number of carbonyl (C=O) groups is 1. The van der Waals surface area contributed by atoms with Crippen molar-refractivity contribution in [3.63, 3.8) is 0 Å². The Balaban J connectivity index is 2.11. The van der Waals surface area contributed by atoms with Gasteiger partial charge in [-0.15, -0.1) is 0 Å². The van der Waals surface area contributed by atoms with Gasteiger partial charge in [-0.1, -0.05) is 6.92 Å². The van der Waals surface area contributed by atoms with Crippen LogP contribution in [0.15, 0.2) is 18.3 Å². The molecule has 0 aromatic carbocycles. The smallest absolute Gasteiger partial charge is 0.364 e. The fraction of sp³-hybridized carbons (Fsp3) is 0.538. The van der Waals surface area contributed by atoms with E-state index in [0.29, 0.717) is 0 Å². The maximum atomic E-state index is 13.1. The molecule has 1 saturated heterocycles. The Kier molecular flexibility index (Phi) is 4.67. The number of rotatable bonds is 4. The van der Waals surface area contributed by atoms with Gasteiger partial charge in [0.25, 0.3) is 5.91 Å². The summed E-state index contributed by atoms with van der Waals surface area (Å²) >= 11 is 0. The van der Waals surface area contributed by atoms with Crippen molar-refractivity contribution in [2.75, 3.05) is 4.72 Å². The second kappa shape index (κ2) is 6.08. The van der Waals surface area contributed by atoms with Crippen LogP contribution in [0.3, 0.4) is 0 Å². The summed E-state index contributed by atoms with van der Waals surface area (Å²) < 4.78 is 59.1. The molecule has 2 unspecified atom stereocenters. The molecule has 1 amide bonds. The quantitative estimate of drug-likeness (QED) is 0.867. The lowest BCUT2D eigenvalue weighted by molar-refractivity contribution is -0.268. The first-order valence-electron chi connectivity index (χ1n) is 6.72. The molecule has 1 aromatic heterocycles. The van der Waals surface area contributed by atoms with Crippen LogP contribution in [-0.4, -0.2) is 32.3 Å². The number of halogens is 3. The molecule has 3 N–H and O–H groups in total. The van der Waals surface area contributed by atoms with Crippen molar-refractivity contribution in [2.45, 2.75) is 37.5 Å². The molecule has 10 heteroatoms. The van der Waals surface area contributed by atoms with E-state index in [4.69, 9.17) is 10.5 Å². The number of pyridine rings is 1. The van der Waals surface area contributed by atoms with Gasteiger partial charge in [-0.25, -0.2) is 4.21 Å². The van der Waals surface area contributed by atoms with Crippen LogP contribution in [-0.2, 0) is 15.7 Å². The molecule has 0 bridgehead atoms. The Morgan fingerprint density at radius 3 is 2.74 bits per heavy atom. The maximum absolute atomic E-state index is 13.1. The summed E-state index contributed by atoms with van der Waals surface area (Å²) in [6, 6.07) is 2.69. The van der Waals surface area contributed by atoms with E-state index in [1.165, 1.54) is 25.3 Å². The number of nitrogens with one attached hydrogen (secondary N) is 1. The first kappa shape index (κ1) is 17.7. The summed E-state index contributed by atoms with van der Waals surface area (Å²) in [5.74, 6) is -1.60. The van der Waals surface area contributed by atoms with Crippen LogP contribution in [0.1, 0.15) is 30.8 Å². The van der Waals surface area contributed by atoms with Gasteiger partial charge in [0.2, 0.25) is 0 Å². The molecule has 6 nitrogen and oxygen atoms in total. The fourth-order valence-electron chi connectivity index (χ4n) is 2.24. The molecule has 0 radical (unpaired) electrons. The lowest BCUT2D eigenvalue weighted by Crippen LogP contribution is -2.46. The topological polar surface area (TPSA) is 94.3 Å². The maximum Gasteiger partial charge on any atom is 0.417 e. The van der Waals surface area contributed by atoms with Gasteiger partial charge < -0.3 is 15.2 Å². The van der Waals surface area contributed by atoms with Crippen LogP contribution >= 0.6 is 0 Å². The van der Waals surface area contributed by atoms with Gasteiger partial charge in [-0.05, 0) is 31.4 Å². The zero-order valence-corrected chi connectivity index (χ0v) is 13.2. The van der Waals surface area contributed by atoms with Crippen LogP contribution in [0.4, 0.5) is 18.9 Å². The molecule has 0 saturated carbocycles. The average molecular weight is 351 g/mol. The summed E-state index contributed by atoms with van der Waals surface area (Å²) in [5, 5.41) is 0. The van der Waals surface area contributed by atoms with E-state index in [9.17, 15) is 22.2 Å². The van der Waals surface area contributed by atoms with E-state index in [0.717, 1.165) is 6.92 Å². The molecule has 23 heavy (non-hydrogen) atoms. The highest BCUT2D eigenvalue weighted by atomic mass is 32.2. The fourth-order valence-corrected chi connectivity index (χ4v) is 3.48. The van der Waals surface area contributed by atoms with Gasteiger partial charge in [-0.3, -0.25) is 9.78 Å². The van der Waals surface area contributed by atoms with Crippen molar-refractivity contribution in [3.05, 3.63) is 24.0 Å². The predicted octanol–water partition coefficient (Wildman–Crippen LogP) is 1.96. The number of hydrogen-bond donors (Lipinski definition) is 2. The summed E-state index contributed by atoms with van der Waals surface area (Å²) in [5.41, 5.74) is 1.82. The molecule has 2 rings (SSSR count). The third kappa shape index (κ3) is 3.47. The molecular formula is C13H16F3N3O3S. The highest BCUT2D eigenvalue weighted by Gasteiger charge is 2.61. The number of carbonyl (C=O) groups excluding carboxylic acids is 1. The lowest BCUT2D eigenvalue weighted by atomic mass is 9.90. The lowest BCUT2D eigenvalue weighted by Gasteiger charge is -2.30. The zero-order valence-electron chi connectivity index (χ0n) is 12.4. The van der Waals surface area contributed by atoms with E-state index in [2.05, 4.69) is 9.71 Å². The molecule has 1 aromatic rings. The molecule has 128 valence electrons. The molecule has 0 aliphatic carbocycles. The van der Waals surface area contributed by atoms with Crippen molar-refractivity contribution in [1.29, 1.82) is 0 Å². The number of primary amides is 1. The minimum Gasteiger partial charge on any atom is -0.364 e. The van der Waals surface area contributed by atoms with Gasteiger partial charge in [0, 0.05) is 6.20 Å². The van der Waals surface area contributed by atoms with Crippen LogP contribution in [0.2, 0.25) is 0 Å². The molecular weight excluding hydrogens is 335 g/mol. The monoisotopic (exact) mass is 351 g/mol. The second-order valence-electron chi connectivity index (χ2n) is 5.48. The Hall–Kier alpha value is -1.68. The third-order valence-electron chi connectivity index (χ3n) is 3.90. The Labute approximate surface area is 133 Å². The number of amides is 1. The largest absolute Gasteiger partial charge is 0.417 e. The number of alkyl halides is 3. The number of ether oxygens (including phenoxy) is 1. The number of nitrogens with zero attached hydrogens (tertiary/aromatic N) is 1. The van der Waals surface area contributed by atoms with Crippen molar-refractivity contribution >= 4 is 22.6 Å². The molecule has 1 fully saturated rings. The van der Waals surface area contributed by atoms with E-state index in [-0.39, 0.29) is 17.8 Å². The van der Waals surface area contributed by atoms with Gasteiger partial charge in [0.15, 0.2) is 11.0 Å². The normalized spacial score (nSPS) is 29.3. The SMILES string of the molecule is C[C@H]1CC(S(=O)Nc2ccnc(C(N)=O)c2)O[C@@]1(C)C(F)(F)F. The summed E-state index contributed by atoms with van der Waals surface area (Å²) in [6.45, 7) is 2.36. The van der Waals surface area contributed by atoms with E-state index in [1.807, 2.05) is 0 Å².